The van der Waals surface area contributed by atoms with Gasteiger partial charge >= 0.3 is 0 Å². The van der Waals surface area contributed by atoms with Gasteiger partial charge < -0.3 is 9.47 Å². The first kappa shape index (κ1) is 15.5. The summed E-state index contributed by atoms with van der Waals surface area (Å²) in [5, 5.41) is 0.430. The average molecular weight is 299 g/mol. The molecule has 1 aliphatic rings. The van der Waals surface area contributed by atoms with Gasteiger partial charge in [0.05, 0.1) is 6.10 Å². The highest BCUT2D eigenvalue weighted by molar-refractivity contribution is 6.29. The van der Waals surface area contributed by atoms with Crippen LogP contribution in [0.5, 0.6) is 5.88 Å². The largest absolute Gasteiger partial charge is 0.474 e. The molecule has 0 aliphatic heterocycles. The van der Waals surface area contributed by atoms with Gasteiger partial charge in [0.2, 0.25) is 5.88 Å². The molecular weight excluding hydrogens is 276 g/mol. The Kier molecular flexibility index (Phi) is 4.86. The molecule has 1 saturated carbocycles. The van der Waals surface area contributed by atoms with E-state index < -0.39 is 0 Å². The van der Waals surface area contributed by atoms with Crippen LogP contribution in [0.25, 0.3) is 0 Å². The lowest BCUT2D eigenvalue weighted by Crippen LogP contribution is -2.30. The molecule has 0 bridgehead atoms. The minimum Gasteiger partial charge on any atom is -0.474 e. The molecule has 0 amide bonds. The number of nitrogens with zero attached hydrogens (tertiary/aromatic N) is 2. The van der Waals surface area contributed by atoms with Crippen LogP contribution in [-0.4, -0.2) is 29.3 Å². The molecular formula is C15H23ClN2O2. The minimum atomic E-state index is -0.148. The van der Waals surface area contributed by atoms with Crippen molar-refractivity contribution in [1.82, 2.24) is 9.97 Å². The maximum absolute atomic E-state index is 6.07. The molecule has 0 radical (unpaired) electrons. The molecule has 1 fully saturated rings. The number of ether oxygens (including phenoxy) is 2. The first-order valence-corrected chi connectivity index (χ1v) is 7.51. The van der Waals surface area contributed by atoms with Gasteiger partial charge in [-0.3, -0.25) is 0 Å². The minimum absolute atomic E-state index is 0.146. The van der Waals surface area contributed by atoms with Crippen LogP contribution in [0.15, 0.2) is 6.07 Å². The molecule has 2 rings (SSSR count). The Morgan fingerprint density at radius 1 is 1.20 bits per heavy atom. The van der Waals surface area contributed by atoms with Crippen molar-refractivity contribution in [1.29, 1.82) is 0 Å². The fourth-order valence-electron chi connectivity index (χ4n) is 2.39. The van der Waals surface area contributed by atoms with Crippen LogP contribution in [-0.2, 0) is 10.2 Å². The van der Waals surface area contributed by atoms with Crippen LogP contribution in [0.4, 0.5) is 0 Å². The molecule has 0 N–H and O–H groups in total. The lowest BCUT2D eigenvalue weighted by atomic mass is 9.95. The van der Waals surface area contributed by atoms with Crippen molar-refractivity contribution in [2.45, 2.75) is 64.1 Å². The second-order valence-corrected chi connectivity index (χ2v) is 6.75. The Labute approximate surface area is 125 Å². The molecule has 1 aliphatic carbocycles. The number of rotatable bonds is 3. The van der Waals surface area contributed by atoms with Crippen molar-refractivity contribution < 1.29 is 9.47 Å². The number of hydrogen-bond acceptors (Lipinski definition) is 4. The summed E-state index contributed by atoms with van der Waals surface area (Å²) in [4.78, 5) is 8.77. The van der Waals surface area contributed by atoms with E-state index in [2.05, 4.69) is 30.7 Å². The monoisotopic (exact) mass is 298 g/mol. The number of aromatic nitrogens is 2. The van der Waals surface area contributed by atoms with Crippen molar-refractivity contribution >= 4 is 11.6 Å². The second-order valence-electron chi connectivity index (χ2n) is 6.37. The van der Waals surface area contributed by atoms with E-state index in [0.717, 1.165) is 25.7 Å². The summed E-state index contributed by atoms with van der Waals surface area (Å²) >= 11 is 6.07. The molecule has 5 heteroatoms. The number of methoxy groups -OCH3 is 1. The van der Waals surface area contributed by atoms with E-state index in [1.165, 1.54) is 0 Å². The average Bonchev–Trinajstić information content (AvgIpc) is 2.37. The molecule has 2 atom stereocenters. The van der Waals surface area contributed by atoms with Crippen LogP contribution >= 0.6 is 11.6 Å². The van der Waals surface area contributed by atoms with Crippen molar-refractivity contribution in [3.05, 3.63) is 17.0 Å². The quantitative estimate of drug-likeness (QED) is 0.797. The molecule has 0 aromatic carbocycles. The van der Waals surface area contributed by atoms with E-state index in [1.54, 1.807) is 13.2 Å². The topological polar surface area (TPSA) is 44.2 Å². The zero-order chi connectivity index (χ0) is 14.8. The summed E-state index contributed by atoms with van der Waals surface area (Å²) in [5.74, 6) is 1.27. The normalized spacial score (nSPS) is 23.6. The Morgan fingerprint density at radius 2 is 1.90 bits per heavy atom. The van der Waals surface area contributed by atoms with E-state index in [9.17, 15) is 0 Å². The Hall–Kier alpha value is -0.870. The summed E-state index contributed by atoms with van der Waals surface area (Å²) in [6, 6.07) is 1.69. The van der Waals surface area contributed by atoms with Crippen molar-refractivity contribution in [2.24, 2.45) is 0 Å². The predicted octanol–water partition coefficient (Wildman–Crippen LogP) is 3.76. The van der Waals surface area contributed by atoms with Gasteiger partial charge in [-0.15, -0.1) is 0 Å². The van der Waals surface area contributed by atoms with E-state index in [0.29, 0.717) is 16.9 Å². The fraction of sp³-hybridized carbons (Fsp3) is 0.733. The molecule has 0 spiro atoms. The number of halogens is 1. The maximum Gasteiger partial charge on any atom is 0.218 e. The highest BCUT2D eigenvalue weighted by Crippen LogP contribution is 2.27. The molecule has 1 aromatic heterocycles. The van der Waals surface area contributed by atoms with Crippen LogP contribution < -0.4 is 4.74 Å². The Morgan fingerprint density at radius 3 is 2.55 bits per heavy atom. The molecule has 20 heavy (non-hydrogen) atoms. The lowest BCUT2D eigenvalue weighted by Gasteiger charge is -2.28. The van der Waals surface area contributed by atoms with Gasteiger partial charge in [-0.2, -0.15) is 4.98 Å². The molecule has 112 valence electrons. The zero-order valence-electron chi connectivity index (χ0n) is 12.6. The second kappa shape index (κ2) is 6.27. The highest BCUT2D eigenvalue weighted by atomic mass is 35.5. The third-order valence-corrected chi connectivity index (χ3v) is 3.73. The van der Waals surface area contributed by atoms with Gasteiger partial charge in [0.25, 0.3) is 0 Å². The van der Waals surface area contributed by atoms with Crippen LogP contribution in [0.2, 0.25) is 5.15 Å². The van der Waals surface area contributed by atoms with Gasteiger partial charge in [0.15, 0.2) is 0 Å². The SMILES string of the molecule is COC1CCCC(Oc2cc(Cl)nc(C(C)(C)C)n2)C1. The zero-order valence-corrected chi connectivity index (χ0v) is 13.4. The Balaban J connectivity index is 2.11. The van der Waals surface area contributed by atoms with E-state index in [4.69, 9.17) is 21.1 Å². The van der Waals surface area contributed by atoms with E-state index >= 15 is 0 Å². The van der Waals surface area contributed by atoms with Crippen LogP contribution in [0.1, 0.15) is 52.3 Å². The third-order valence-electron chi connectivity index (χ3n) is 3.54. The summed E-state index contributed by atoms with van der Waals surface area (Å²) in [6.45, 7) is 6.18. The molecule has 1 heterocycles. The van der Waals surface area contributed by atoms with E-state index in [1.807, 2.05) is 0 Å². The van der Waals surface area contributed by atoms with Crippen molar-refractivity contribution in [3.8, 4) is 5.88 Å². The number of hydrogen-bond donors (Lipinski definition) is 0. The summed E-state index contributed by atoms with van der Waals surface area (Å²) < 4.78 is 11.4. The van der Waals surface area contributed by atoms with Gasteiger partial charge in [-0.1, -0.05) is 32.4 Å². The third kappa shape index (κ3) is 4.06. The lowest BCUT2D eigenvalue weighted by molar-refractivity contribution is 0.0193. The smallest absolute Gasteiger partial charge is 0.218 e. The standard InChI is InChI=1S/C15H23ClN2O2/c1-15(2,3)14-17-12(16)9-13(18-14)20-11-7-5-6-10(8-11)19-4/h9-11H,5-8H2,1-4H3. The Bertz CT molecular complexity index is 460. The summed E-state index contributed by atoms with van der Waals surface area (Å²) in [5.41, 5.74) is -0.148. The first-order valence-electron chi connectivity index (χ1n) is 7.13. The van der Waals surface area contributed by atoms with Gasteiger partial charge in [-0.25, -0.2) is 4.98 Å². The maximum atomic E-state index is 6.07. The highest BCUT2D eigenvalue weighted by Gasteiger charge is 2.25. The van der Waals surface area contributed by atoms with Crippen molar-refractivity contribution in [2.75, 3.05) is 7.11 Å². The predicted molar refractivity (Wildman–Crippen MR) is 79.4 cm³/mol. The van der Waals surface area contributed by atoms with Crippen LogP contribution in [0.3, 0.4) is 0 Å². The van der Waals surface area contributed by atoms with E-state index in [-0.39, 0.29) is 17.6 Å². The van der Waals surface area contributed by atoms with Gasteiger partial charge in [-0.05, 0) is 19.3 Å². The summed E-state index contributed by atoms with van der Waals surface area (Å²) in [6.07, 6.45) is 4.60. The molecule has 1 aromatic rings. The summed E-state index contributed by atoms with van der Waals surface area (Å²) in [7, 11) is 1.76. The molecule has 0 saturated heterocycles. The van der Waals surface area contributed by atoms with Crippen LogP contribution in [0, 0.1) is 0 Å². The fourth-order valence-corrected chi connectivity index (χ4v) is 2.56. The molecule has 4 nitrogen and oxygen atoms in total. The first-order chi connectivity index (χ1) is 9.38. The van der Waals surface area contributed by atoms with Crippen molar-refractivity contribution in [3.63, 3.8) is 0 Å². The van der Waals surface area contributed by atoms with Gasteiger partial charge in [0, 0.05) is 25.0 Å². The molecule has 2 unspecified atom stereocenters. The van der Waals surface area contributed by atoms with Gasteiger partial charge in [0.1, 0.15) is 17.1 Å².